The summed E-state index contributed by atoms with van der Waals surface area (Å²) in [5, 5.41) is 18.9. The third kappa shape index (κ3) is 3.62. The zero-order valence-corrected chi connectivity index (χ0v) is 12.8. The van der Waals surface area contributed by atoms with E-state index in [1.807, 2.05) is 6.07 Å². The number of benzene rings is 3. The monoisotopic (exact) mass is 308 g/mol. The summed E-state index contributed by atoms with van der Waals surface area (Å²) in [5.74, 6) is -0.187. The summed E-state index contributed by atoms with van der Waals surface area (Å²) in [7, 11) is 0. The van der Waals surface area contributed by atoms with E-state index in [4.69, 9.17) is 0 Å². The van der Waals surface area contributed by atoms with Crippen molar-refractivity contribution in [3.8, 4) is 11.5 Å². The minimum atomic E-state index is -0.0949. The Hall–Kier alpha value is -2.39. The van der Waals surface area contributed by atoms with E-state index in [1.165, 1.54) is 17.2 Å². The third-order valence-electron chi connectivity index (χ3n) is 3.36. The molecule has 3 aromatic rings. The number of hydrogen-bond donors (Lipinski definition) is 2. The van der Waals surface area contributed by atoms with Gasteiger partial charge in [-0.25, -0.2) is 0 Å². The summed E-state index contributed by atoms with van der Waals surface area (Å²) in [6.45, 7) is 0. The molecular formula is C19H16O2S. The lowest BCUT2D eigenvalue weighted by atomic mass is 10.1. The number of phenols is 2. The summed E-state index contributed by atoms with van der Waals surface area (Å²) < 4.78 is 0. The molecule has 0 aliphatic heterocycles. The average molecular weight is 308 g/mol. The quantitative estimate of drug-likeness (QED) is 0.678. The maximum Gasteiger partial charge on any atom is 0.158 e. The van der Waals surface area contributed by atoms with Crippen LogP contribution in [0, 0.1) is 0 Å². The van der Waals surface area contributed by atoms with Crippen LogP contribution in [0.15, 0.2) is 82.6 Å². The third-order valence-corrected chi connectivity index (χ3v) is 4.35. The van der Waals surface area contributed by atoms with Crippen molar-refractivity contribution in [2.45, 2.75) is 16.2 Å². The minimum absolute atomic E-state index is 0.0919. The van der Waals surface area contributed by atoms with Gasteiger partial charge in [0.15, 0.2) is 11.5 Å². The zero-order valence-electron chi connectivity index (χ0n) is 11.9. The zero-order chi connectivity index (χ0) is 15.4. The molecule has 0 fully saturated rings. The van der Waals surface area contributed by atoms with E-state index in [0.29, 0.717) is 0 Å². The van der Waals surface area contributed by atoms with E-state index in [0.717, 1.165) is 16.2 Å². The van der Waals surface area contributed by atoms with Gasteiger partial charge < -0.3 is 10.2 Å². The van der Waals surface area contributed by atoms with Crippen molar-refractivity contribution < 1.29 is 10.2 Å². The first-order valence-corrected chi connectivity index (χ1v) is 7.85. The van der Waals surface area contributed by atoms with Gasteiger partial charge in [-0.05, 0) is 47.9 Å². The second-order valence-electron chi connectivity index (χ2n) is 5.06. The molecule has 0 radical (unpaired) electrons. The van der Waals surface area contributed by atoms with E-state index in [2.05, 4.69) is 48.5 Å². The van der Waals surface area contributed by atoms with Gasteiger partial charge in [0.1, 0.15) is 0 Å². The van der Waals surface area contributed by atoms with Crippen molar-refractivity contribution in [3.63, 3.8) is 0 Å². The molecule has 0 atom stereocenters. The van der Waals surface area contributed by atoms with Gasteiger partial charge in [0.25, 0.3) is 0 Å². The SMILES string of the molecule is Oc1ccc(Sc2ccc(Cc3ccccc3)cc2)cc1O. The van der Waals surface area contributed by atoms with Gasteiger partial charge in [-0.3, -0.25) is 0 Å². The van der Waals surface area contributed by atoms with E-state index in [1.54, 1.807) is 23.9 Å². The molecule has 0 unspecified atom stereocenters. The Kier molecular flexibility index (Phi) is 4.35. The predicted molar refractivity (Wildman–Crippen MR) is 89.6 cm³/mol. The van der Waals surface area contributed by atoms with Crippen molar-refractivity contribution in [1.29, 1.82) is 0 Å². The molecule has 0 saturated heterocycles. The number of phenolic OH excluding ortho intramolecular Hbond substituents is 2. The van der Waals surface area contributed by atoms with Crippen molar-refractivity contribution in [2.75, 3.05) is 0 Å². The molecule has 0 aromatic heterocycles. The van der Waals surface area contributed by atoms with Gasteiger partial charge in [0.2, 0.25) is 0 Å². The molecule has 2 nitrogen and oxygen atoms in total. The first-order chi connectivity index (χ1) is 10.7. The molecule has 110 valence electrons. The average Bonchev–Trinajstić information content (AvgIpc) is 2.54. The Labute approximate surface area is 134 Å². The fraction of sp³-hybridized carbons (Fsp3) is 0.0526. The first kappa shape index (κ1) is 14.5. The molecule has 0 aliphatic rings. The second kappa shape index (κ2) is 6.58. The van der Waals surface area contributed by atoms with Crippen LogP contribution in [-0.4, -0.2) is 10.2 Å². The van der Waals surface area contributed by atoms with Crippen LogP contribution >= 0.6 is 11.8 Å². The van der Waals surface area contributed by atoms with Crippen molar-refractivity contribution in [3.05, 3.63) is 83.9 Å². The molecule has 0 heterocycles. The molecular weight excluding hydrogens is 292 g/mol. The van der Waals surface area contributed by atoms with Gasteiger partial charge in [-0.1, -0.05) is 54.2 Å². The van der Waals surface area contributed by atoms with Crippen LogP contribution in [0.3, 0.4) is 0 Å². The number of rotatable bonds is 4. The molecule has 0 bridgehead atoms. The van der Waals surface area contributed by atoms with Crippen LogP contribution in [0.4, 0.5) is 0 Å². The molecule has 0 spiro atoms. The van der Waals surface area contributed by atoms with E-state index >= 15 is 0 Å². The lowest BCUT2D eigenvalue weighted by Gasteiger charge is -2.06. The molecule has 3 aromatic carbocycles. The Morgan fingerprint density at radius 3 is 1.95 bits per heavy atom. The fourth-order valence-electron chi connectivity index (χ4n) is 2.21. The molecule has 2 N–H and O–H groups in total. The summed E-state index contributed by atoms with van der Waals surface area (Å²) in [6.07, 6.45) is 0.922. The van der Waals surface area contributed by atoms with Crippen LogP contribution < -0.4 is 0 Å². The van der Waals surface area contributed by atoms with Gasteiger partial charge >= 0.3 is 0 Å². The highest BCUT2D eigenvalue weighted by Crippen LogP contribution is 2.34. The molecule has 0 saturated carbocycles. The topological polar surface area (TPSA) is 40.5 Å². The smallest absolute Gasteiger partial charge is 0.158 e. The maximum absolute atomic E-state index is 9.52. The van der Waals surface area contributed by atoms with Crippen LogP contribution in [0.25, 0.3) is 0 Å². The maximum atomic E-state index is 9.52. The molecule has 0 amide bonds. The highest BCUT2D eigenvalue weighted by molar-refractivity contribution is 7.99. The number of hydrogen-bond acceptors (Lipinski definition) is 3. The Balaban J connectivity index is 1.70. The first-order valence-electron chi connectivity index (χ1n) is 7.03. The predicted octanol–water partition coefficient (Wildman–Crippen LogP) is 4.84. The normalized spacial score (nSPS) is 10.5. The van der Waals surface area contributed by atoms with E-state index < -0.39 is 0 Å². The molecule has 22 heavy (non-hydrogen) atoms. The van der Waals surface area contributed by atoms with Crippen molar-refractivity contribution in [1.82, 2.24) is 0 Å². The Morgan fingerprint density at radius 2 is 1.27 bits per heavy atom. The second-order valence-corrected chi connectivity index (χ2v) is 6.21. The Morgan fingerprint density at radius 1 is 0.636 bits per heavy atom. The van der Waals surface area contributed by atoms with Crippen LogP contribution in [0.5, 0.6) is 11.5 Å². The fourth-order valence-corrected chi connectivity index (χ4v) is 3.06. The molecule has 3 heteroatoms. The van der Waals surface area contributed by atoms with Crippen molar-refractivity contribution in [2.24, 2.45) is 0 Å². The van der Waals surface area contributed by atoms with Gasteiger partial charge in [0.05, 0.1) is 0 Å². The van der Waals surface area contributed by atoms with Crippen LogP contribution in [0.1, 0.15) is 11.1 Å². The van der Waals surface area contributed by atoms with Gasteiger partial charge in [-0.2, -0.15) is 0 Å². The lowest BCUT2D eigenvalue weighted by Crippen LogP contribution is -1.87. The largest absolute Gasteiger partial charge is 0.504 e. The summed E-state index contributed by atoms with van der Waals surface area (Å²) >= 11 is 1.55. The minimum Gasteiger partial charge on any atom is -0.504 e. The summed E-state index contributed by atoms with van der Waals surface area (Å²) in [4.78, 5) is 1.99. The van der Waals surface area contributed by atoms with E-state index in [-0.39, 0.29) is 11.5 Å². The molecule has 3 rings (SSSR count). The highest BCUT2D eigenvalue weighted by Gasteiger charge is 2.03. The van der Waals surface area contributed by atoms with Crippen LogP contribution in [-0.2, 0) is 6.42 Å². The van der Waals surface area contributed by atoms with Gasteiger partial charge in [-0.15, -0.1) is 0 Å². The lowest BCUT2D eigenvalue weighted by molar-refractivity contribution is 0.402. The Bertz CT molecular complexity index is 752. The summed E-state index contributed by atoms with van der Waals surface area (Å²) in [6, 6.07) is 23.6. The van der Waals surface area contributed by atoms with E-state index in [9.17, 15) is 10.2 Å². The number of aromatic hydroxyl groups is 2. The summed E-state index contributed by atoms with van der Waals surface area (Å²) in [5.41, 5.74) is 2.57. The van der Waals surface area contributed by atoms with Gasteiger partial charge in [0, 0.05) is 9.79 Å². The highest BCUT2D eigenvalue weighted by atomic mass is 32.2. The standard InChI is InChI=1S/C19H16O2S/c20-18-11-10-17(13-19(18)21)22-16-8-6-15(7-9-16)12-14-4-2-1-3-5-14/h1-11,13,20-21H,12H2. The molecule has 0 aliphatic carbocycles. The van der Waals surface area contributed by atoms with Crippen LogP contribution in [0.2, 0.25) is 0 Å². The van der Waals surface area contributed by atoms with Crippen molar-refractivity contribution >= 4 is 11.8 Å².